The second kappa shape index (κ2) is 12.0. The van der Waals surface area contributed by atoms with Crippen molar-refractivity contribution in [1.82, 2.24) is 15.6 Å². The van der Waals surface area contributed by atoms with E-state index >= 15 is 0 Å². The predicted molar refractivity (Wildman–Crippen MR) is 155 cm³/mol. The van der Waals surface area contributed by atoms with Crippen molar-refractivity contribution in [2.75, 3.05) is 6.61 Å². The first kappa shape index (κ1) is 25.6. The lowest BCUT2D eigenvalue weighted by atomic mass is 9.87. The van der Waals surface area contributed by atoms with Gasteiger partial charge in [-0.25, -0.2) is 0 Å². The van der Waals surface area contributed by atoms with Gasteiger partial charge < -0.3 is 20.4 Å². The summed E-state index contributed by atoms with van der Waals surface area (Å²) >= 11 is 0. The van der Waals surface area contributed by atoms with Gasteiger partial charge in [0.05, 0.1) is 12.6 Å². The minimum absolute atomic E-state index is 0. The highest BCUT2D eigenvalue weighted by Crippen LogP contribution is 2.29. The van der Waals surface area contributed by atoms with Crippen molar-refractivity contribution >= 4 is 22.7 Å². The van der Waals surface area contributed by atoms with E-state index in [4.69, 9.17) is 4.74 Å². The summed E-state index contributed by atoms with van der Waals surface area (Å²) < 4.78 is 5.73. The van der Waals surface area contributed by atoms with Crippen LogP contribution in [-0.4, -0.2) is 29.4 Å². The van der Waals surface area contributed by atoms with Gasteiger partial charge in [-0.2, -0.15) is 0 Å². The van der Waals surface area contributed by atoms with Crippen molar-refractivity contribution < 1.29 is 17.2 Å². The first-order chi connectivity index (χ1) is 18.6. The molecule has 3 aromatic carbocycles. The van der Waals surface area contributed by atoms with Gasteiger partial charge in [-0.05, 0) is 72.7 Å². The van der Waals surface area contributed by atoms with Crippen LogP contribution < -0.4 is 15.4 Å². The Morgan fingerprint density at radius 1 is 1.05 bits per heavy atom. The van der Waals surface area contributed by atoms with Crippen molar-refractivity contribution in [3.05, 3.63) is 101 Å². The number of fused-ring (bicyclic) bond motifs is 2. The molecule has 1 aliphatic rings. The second-order valence-electron chi connectivity index (χ2n) is 9.97. The van der Waals surface area contributed by atoms with Gasteiger partial charge in [-0.3, -0.25) is 9.59 Å². The van der Waals surface area contributed by atoms with E-state index in [-0.39, 0.29) is 20.7 Å². The molecule has 6 nitrogen and oxygen atoms in total. The lowest BCUT2D eigenvalue weighted by Crippen LogP contribution is -2.49. The van der Waals surface area contributed by atoms with E-state index in [2.05, 4.69) is 34.7 Å². The lowest BCUT2D eigenvalue weighted by Gasteiger charge is -2.28. The molecule has 5 rings (SSSR count). The SMILES string of the molecule is CCCCOc1ccc(C(=O)NC(Cc2c[nH]c3ccccc23)C(=O)NC2CCCc3ccccc32)cc1.[HH].[HH]. The Morgan fingerprint density at radius 2 is 1.84 bits per heavy atom. The highest BCUT2D eigenvalue weighted by Gasteiger charge is 2.28. The Bertz CT molecular complexity index is 1400. The van der Waals surface area contributed by atoms with Gasteiger partial charge in [0, 0.05) is 31.9 Å². The zero-order valence-electron chi connectivity index (χ0n) is 21.8. The maximum Gasteiger partial charge on any atom is 0.251 e. The fourth-order valence-electron chi connectivity index (χ4n) is 5.18. The molecule has 2 unspecified atom stereocenters. The number of hydrogen-bond donors (Lipinski definition) is 3. The van der Waals surface area contributed by atoms with Crippen molar-refractivity contribution in [2.24, 2.45) is 0 Å². The summed E-state index contributed by atoms with van der Waals surface area (Å²) in [5, 5.41) is 7.31. The molecule has 2 atom stereocenters. The molecule has 0 bridgehead atoms. The van der Waals surface area contributed by atoms with E-state index in [0.717, 1.165) is 54.3 Å². The number of carbonyl (C=O) groups excluding carboxylic acids is 2. The zero-order chi connectivity index (χ0) is 26.3. The number of amides is 2. The summed E-state index contributed by atoms with van der Waals surface area (Å²) in [6, 6.07) is 22.6. The number of carbonyl (C=O) groups is 2. The van der Waals surface area contributed by atoms with Crippen LogP contribution in [0.1, 0.15) is 68.6 Å². The first-order valence-electron chi connectivity index (χ1n) is 13.6. The number of unbranched alkanes of at least 4 members (excludes halogenated alkanes) is 1. The summed E-state index contributed by atoms with van der Waals surface area (Å²) in [5.74, 6) is 0.276. The topological polar surface area (TPSA) is 83.2 Å². The fraction of sp³-hybridized carbons (Fsp3) is 0.312. The number of para-hydroxylation sites is 1. The molecule has 38 heavy (non-hydrogen) atoms. The summed E-state index contributed by atoms with van der Waals surface area (Å²) in [6.07, 6.45) is 7.29. The molecule has 0 radical (unpaired) electrons. The van der Waals surface area contributed by atoms with E-state index < -0.39 is 6.04 Å². The number of benzene rings is 3. The fourth-order valence-corrected chi connectivity index (χ4v) is 5.18. The van der Waals surface area contributed by atoms with Crippen molar-refractivity contribution in [3.63, 3.8) is 0 Å². The third-order valence-electron chi connectivity index (χ3n) is 7.29. The van der Waals surface area contributed by atoms with Crippen LogP contribution in [0.25, 0.3) is 10.9 Å². The quantitative estimate of drug-likeness (QED) is 0.215. The Kier molecular flexibility index (Phi) is 8.07. The maximum atomic E-state index is 13.7. The molecule has 1 aromatic heterocycles. The molecule has 0 spiro atoms. The number of nitrogens with one attached hydrogen (secondary N) is 3. The molecular weight excluding hydrogens is 474 g/mol. The Hall–Kier alpha value is -4.06. The average molecular weight is 514 g/mol. The van der Waals surface area contributed by atoms with Gasteiger partial charge in [0.25, 0.3) is 5.91 Å². The molecule has 1 heterocycles. The van der Waals surface area contributed by atoms with Gasteiger partial charge >= 0.3 is 0 Å². The molecule has 6 heteroatoms. The Morgan fingerprint density at radius 3 is 2.68 bits per heavy atom. The number of rotatable bonds is 10. The van der Waals surface area contributed by atoms with E-state index in [9.17, 15) is 9.59 Å². The average Bonchev–Trinajstić information content (AvgIpc) is 3.36. The molecule has 1 aliphatic carbocycles. The van der Waals surface area contributed by atoms with Gasteiger partial charge in [0.2, 0.25) is 5.91 Å². The standard InChI is InChI=1S/C32H35N3O3.2H2/c1-2-3-19-38-25-17-15-23(16-18-25)31(36)35-30(20-24-21-33-28-13-7-6-12-27(24)28)32(37)34-29-14-8-10-22-9-4-5-11-26(22)29;;/h4-7,9,11-13,15-18,21,29-30,33H,2-3,8,10,14,19-20H2,1H3,(H,34,37)(H,35,36);2*1H. The third-order valence-corrected chi connectivity index (χ3v) is 7.29. The number of H-pyrrole nitrogens is 1. The Balaban J connectivity index is 0.00000220. The summed E-state index contributed by atoms with van der Waals surface area (Å²) in [4.78, 5) is 30.2. The van der Waals surface area contributed by atoms with Crippen molar-refractivity contribution in [1.29, 1.82) is 0 Å². The van der Waals surface area contributed by atoms with Crippen LogP contribution in [0.4, 0.5) is 0 Å². The largest absolute Gasteiger partial charge is 0.494 e. The third kappa shape index (κ3) is 5.91. The monoisotopic (exact) mass is 513 g/mol. The number of aryl methyl sites for hydroxylation is 1. The number of ether oxygens (including phenoxy) is 1. The van der Waals surface area contributed by atoms with Gasteiger partial charge in [-0.1, -0.05) is 55.8 Å². The minimum Gasteiger partial charge on any atom is -0.494 e. The van der Waals surface area contributed by atoms with Crippen LogP contribution in [0.3, 0.4) is 0 Å². The van der Waals surface area contributed by atoms with Crippen molar-refractivity contribution in [3.8, 4) is 5.75 Å². The molecule has 0 saturated carbocycles. The number of hydrogen-bond acceptors (Lipinski definition) is 3. The molecule has 0 aliphatic heterocycles. The molecule has 0 saturated heterocycles. The smallest absolute Gasteiger partial charge is 0.251 e. The summed E-state index contributed by atoms with van der Waals surface area (Å²) in [6.45, 7) is 2.77. The number of aromatic nitrogens is 1. The summed E-state index contributed by atoms with van der Waals surface area (Å²) in [5.41, 5.74) is 4.94. The van der Waals surface area contributed by atoms with Crippen LogP contribution in [-0.2, 0) is 17.6 Å². The number of aromatic amines is 1. The molecule has 3 N–H and O–H groups in total. The normalized spacial score (nSPS) is 15.4. The maximum absolute atomic E-state index is 13.7. The molecule has 2 amide bonds. The van der Waals surface area contributed by atoms with Gasteiger partial charge in [0.1, 0.15) is 11.8 Å². The second-order valence-corrected chi connectivity index (χ2v) is 9.97. The lowest BCUT2D eigenvalue weighted by molar-refractivity contribution is -0.123. The van der Waals surface area contributed by atoms with Crippen LogP contribution in [0.5, 0.6) is 5.75 Å². The molecular formula is C32H39N3O3. The van der Waals surface area contributed by atoms with Gasteiger partial charge in [0.15, 0.2) is 0 Å². The molecule has 0 fully saturated rings. The van der Waals surface area contributed by atoms with Crippen LogP contribution in [0.2, 0.25) is 0 Å². The zero-order valence-corrected chi connectivity index (χ0v) is 21.8. The Labute approximate surface area is 226 Å². The molecule has 4 aromatic rings. The van der Waals surface area contributed by atoms with E-state index in [1.54, 1.807) is 24.3 Å². The first-order valence-corrected chi connectivity index (χ1v) is 13.6. The predicted octanol–water partition coefficient (Wildman–Crippen LogP) is 6.37. The highest BCUT2D eigenvalue weighted by atomic mass is 16.5. The van der Waals surface area contributed by atoms with Crippen molar-refractivity contribution in [2.45, 2.75) is 57.5 Å². The van der Waals surface area contributed by atoms with Crippen LogP contribution >= 0.6 is 0 Å². The molecule has 200 valence electrons. The van der Waals surface area contributed by atoms with Crippen LogP contribution in [0.15, 0.2) is 79.0 Å². The minimum atomic E-state index is -0.726. The van der Waals surface area contributed by atoms with E-state index in [1.165, 1.54) is 11.1 Å². The van der Waals surface area contributed by atoms with Gasteiger partial charge in [-0.15, -0.1) is 0 Å². The van der Waals surface area contributed by atoms with E-state index in [0.29, 0.717) is 18.6 Å². The summed E-state index contributed by atoms with van der Waals surface area (Å²) in [7, 11) is 0. The highest BCUT2D eigenvalue weighted by molar-refractivity contribution is 5.98. The van der Waals surface area contributed by atoms with Crippen LogP contribution in [0, 0.1) is 0 Å². The van der Waals surface area contributed by atoms with E-state index in [1.807, 2.05) is 42.6 Å².